The minimum atomic E-state index is 0.420. The molecule has 30 heavy (non-hydrogen) atoms. The number of rotatable bonds is 10. The van der Waals surface area contributed by atoms with E-state index in [1.54, 1.807) is 37.5 Å². The van der Waals surface area contributed by atoms with Crippen molar-refractivity contribution in [1.82, 2.24) is 4.72 Å². The van der Waals surface area contributed by atoms with Crippen molar-refractivity contribution in [1.29, 1.82) is 0 Å². The molecule has 0 unspecified atom stereocenters. The van der Waals surface area contributed by atoms with E-state index in [1.807, 2.05) is 24.3 Å². The van der Waals surface area contributed by atoms with Gasteiger partial charge in [0.1, 0.15) is 11.5 Å². The second-order valence-corrected chi connectivity index (χ2v) is 9.01. The lowest BCUT2D eigenvalue weighted by molar-refractivity contribution is 0.352. The van der Waals surface area contributed by atoms with Crippen LogP contribution in [0.4, 0.5) is 0 Å². The Morgan fingerprint density at radius 3 is 2.43 bits per heavy atom. The van der Waals surface area contributed by atoms with E-state index in [0.717, 1.165) is 23.4 Å². The Morgan fingerprint density at radius 1 is 0.967 bits per heavy atom. The van der Waals surface area contributed by atoms with Crippen LogP contribution in [0.15, 0.2) is 52.1 Å². The quantitative estimate of drug-likeness (QED) is 0.300. The van der Waals surface area contributed by atoms with Gasteiger partial charge in [-0.3, -0.25) is 4.72 Å². The lowest BCUT2D eigenvalue weighted by atomic mass is 9.98. The van der Waals surface area contributed by atoms with Gasteiger partial charge in [0.2, 0.25) is 0 Å². The van der Waals surface area contributed by atoms with E-state index in [2.05, 4.69) is 42.1 Å². The minimum Gasteiger partial charge on any atom is -0.493 e. The maximum absolute atomic E-state index is 6.31. The van der Waals surface area contributed by atoms with Crippen LogP contribution in [-0.2, 0) is 0 Å². The monoisotopic (exact) mass is 444 g/mol. The minimum absolute atomic E-state index is 0.420. The number of methoxy groups -OCH3 is 2. The molecule has 0 fully saturated rings. The maximum atomic E-state index is 6.31. The molecule has 0 aliphatic carbocycles. The third-order valence-electron chi connectivity index (χ3n) is 4.58. The van der Waals surface area contributed by atoms with Crippen LogP contribution in [0, 0.1) is 0 Å². The van der Waals surface area contributed by atoms with Crippen molar-refractivity contribution in [2.75, 3.05) is 27.3 Å². The van der Waals surface area contributed by atoms with Crippen molar-refractivity contribution < 1.29 is 14.2 Å². The summed E-state index contributed by atoms with van der Waals surface area (Å²) in [5.74, 6) is 3.21. The average Bonchev–Trinajstić information content (AvgIpc) is 3.22. The number of ether oxygens (including phenoxy) is 3. The average molecular weight is 445 g/mol. The fraction of sp³-hybridized carbons (Fsp3) is 0.304. The van der Waals surface area contributed by atoms with E-state index in [1.165, 1.54) is 9.77 Å². The SMILES string of the molecule is COc1ccc(Oc2ccc(C(C)C)cc2-c2ccsc2SNCCN)cc1OC. The van der Waals surface area contributed by atoms with Gasteiger partial charge in [-0.15, -0.1) is 11.3 Å². The van der Waals surface area contributed by atoms with Crippen LogP contribution in [0.5, 0.6) is 23.0 Å². The first-order chi connectivity index (χ1) is 14.6. The molecule has 1 aromatic heterocycles. The first-order valence-electron chi connectivity index (χ1n) is 9.78. The molecule has 0 aliphatic rings. The highest BCUT2D eigenvalue weighted by atomic mass is 32.2. The molecular formula is C23H28N2O3S2. The summed E-state index contributed by atoms with van der Waals surface area (Å²) < 4.78 is 21.6. The summed E-state index contributed by atoms with van der Waals surface area (Å²) >= 11 is 3.31. The standard InChI is InChI=1S/C23H28N2O3S2/c1-15(2)16-5-7-20(28-17-6-8-21(26-3)22(14-17)27-4)19(13-16)18-9-12-29-23(18)30-25-11-10-24/h5-9,12-15,25H,10-11,24H2,1-4H3. The number of thiophene rings is 1. The molecule has 0 spiro atoms. The summed E-state index contributed by atoms with van der Waals surface area (Å²) in [5, 5.41) is 2.10. The predicted octanol–water partition coefficient (Wildman–Crippen LogP) is 5.90. The molecule has 7 heteroatoms. The summed E-state index contributed by atoms with van der Waals surface area (Å²) in [6.45, 7) is 5.74. The molecule has 0 saturated carbocycles. The van der Waals surface area contributed by atoms with Gasteiger partial charge < -0.3 is 19.9 Å². The fourth-order valence-electron chi connectivity index (χ4n) is 2.96. The number of nitrogens with one attached hydrogen (secondary N) is 1. The Hall–Kier alpha value is -2.19. The van der Waals surface area contributed by atoms with Crippen molar-refractivity contribution in [2.45, 2.75) is 24.0 Å². The molecule has 3 aromatic rings. The Bertz CT molecular complexity index is 973. The summed E-state index contributed by atoms with van der Waals surface area (Å²) in [6.07, 6.45) is 0. The van der Waals surface area contributed by atoms with Crippen LogP contribution in [0.3, 0.4) is 0 Å². The van der Waals surface area contributed by atoms with Crippen molar-refractivity contribution in [3.05, 3.63) is 53.4 Å². The fourth-order valence-corrected chi connectivity index (χ4v) is 4.77. The zero-order valence-electron chi connectivity index (χ0n) is 17.7. The first-order valence-corrected chi connectivity index (χ1v) is 11.5. The Kier molecular flexibility index (Phi) is 8.04. The van der Waals surface area contributed by atoms with Crippen molar-refractivity contribution >= 4 is 23.3 Å². The van der Waals surface area contributed by atoms with E-state index in [0.29, 0.717) is 29.7 Å². The van der Waals surface area contributed by atoms with Crippen LogP contribution in [0.1, 0.15) is 25.3 Å². The Labute approximate surface area is 186 Å². The molecule has 0 atom stereocenters. The van der Waals surface area contributed by atoms with Crippen LogP contribution in [0.2, 0.25) is 0 Å². The summed E-state index contributed by atoms with van der Waals surface area (Å²) in [6, 6.07) is 14.1. The third-order valence-corrected chi connectivity index (χ3v) is 6.58. The van der Waals surface area contributed by atoms with Gasteiger partial charge in [-0.05, 0) is 59.1 Å². The van der Waals surface area contributed by atoms with Crippen LogP contribution in [0.25, 0.3) is 11.1 Å². The molecule has 0 aliphatic heterocycles. The highest BCUT2D eigenvalue weighted by molar-refractivity contribution is 7.99. The second kappa shape index (κ2) is 10.7. The van der Waals surface area contributed by atoms with Crippen molar-refractivity contribution in [2.24, 2.45) is 5.73 Å². The van der Waals surface area contributed by atoms with Crippen molar-refractivity contribution in [3.8, 4) is 34.1 Å². The van der Waals surface area contributed by atoms with Gasteiger partial charge in [0.15, 0.2) is 11.5 Å². The van der Waals surface area contributed by atoms with Gasteiger partial charge in [0.25, 0.3) is 0 Å². The van der Waals surface area contributed by atoms with E-state index >= 15 is 0 Å². The summed E-state index contributed by atoms with van der Waals surface area (Å²) in [4.78, 5) is 0. The third kappa shape index (κ3) is 5.29. The predicted molar refractivity (Wildman–Crippen MR) is 126 cm³/mol. The topological polar surface area (TPSA) is 65.7 Å². The van der Waals surface area contributed by atoms with E-state index in [9.17, 15) is 0 Å². The smallest absolute Gasteiger partial charge is 0.164 e. The lowest BCUT2D eigenvalue weighted by Crippen LogP contribution is -2.15. The van der Waals surface area contributed by atoms with Gasteiger partial charge in [-0.25, -0.2) is 0 Å². The van der Waals surface area contributed by atoms with Gasteiger partial charge >= 0.3 is 0 Å². The lowest BCUT2D eigenvalue weighted by Gasteiger charge is -2.16. The molecule has 160 valence electrons. The summed E-state index contributed by atoms with van der Waals surface area (Å²) in [7, 11) is 3.24. The molecule has 2 aromatic carbocycles. The van der Waals surface area contributed by atoms with E-state index in [4.69, 9.17) is 19.9 Å². The number of hydrogen-bond acceptors (Lipinski definition) is 7. The molecule has 0 radical (unpaired) electrons. The zero-order chi connectivity index (χ0) is 21.5. The number of hydrogen-bond donors (Lipinski definition) is 2. The molecule has 5 nitrogen and oxygen atoms in total. The van der Waals surface area contributed by atoms with E-state index < -0.39 is 0 Å². The number of nitrogens with two attached hydrogens (primary N) is 1. The van der Waals surface area contributed by atoms with Gasteiger partial charge in [0.05, 0.1) is 18.4 Å². The zero-order valence-corrected chi connectivity index (χ0v) is 19.4. The van der Waals surface area contributed by atoms with Gasteiger partial charge in [-0.1, -0.05) is 19.9 Å². The second-order valence-electron chi connectivity index (χ2n) is 6.94. The Balaban J connectivity index is 1.99. The van der Waals surface area contributed by atoms with Gasteiger partial charge in [-0.2, -0.15) is 0 Å². The molecular weight excluding hydrogens is 416 g/mol. The van der Waals surface area contributed by atoms with Crippen molar-refractivity contribution in [3.63, 3.8) is 0 Å². The highest BCUT2D eigenvalue weighted by Gasteiger charge is 2.16. The molecule has 3 rings (SSSR count). The molecule has 1 heterocycles. The van der Waals surface area contributed by atoms with Gasteiger partial charge in [0, 0.05) is 30.3 Å². The van der Waals surface area contributed by atoms with Crippen LogP contribution in [-0.4, -0.2) is 27.3 Å². The van der Waals surface area contributed by atoms with Crippen LogP contribution >= 0.6 is 23.3 Å². The largest absolute Gasteiger partial charge is 0.493 e. The molecule has 3 N–H and O–H groups in total. The normalized spacial score (nSPS) is 11.0. The number of benzene rings is 2. The molecule has 0 amide bonds. The highest BCUT2D eigenvalue weighted by Crippen LogP contribution is 2.43. The first kappa shape index (κ1) is 22.5. The van der Waals surface area contributed by atoms with Crippen LogP contribution < -0.4 is 24.7 Å². The summed E-state index contributed by atoms with van der Waals surface area (Å²) in [5.41, 5.74) is 9.09. The Morgan fingerprint density at radius 2 is 1.73 bits per heavy atom. The molecule has 0 saturated heterocycles. The molecule has 0 bridgehead atoms. The maximum Gasteiger partial charge on any atom is 0.164 e. The van der Waals surface area contributed by atoms with E-state index in [-0.39, 0.29) is 0 Å².